The number of esters is 1. The summed E-state index contributed by atoms with van der Waals surface area (Å²) in [5.41, 5.74) is 1.79. The van der Waals surface area contributed by atoms with E-state index < -0.39 is 12.1 Å². The molecular weight excluding hydrogens is 356 g/mol. The Kier molecular flexibility index (Phi) is 5.37. The van der Waals surface area contributed by atoms with E-state index in [1.807, 2.05) is 24.3 Å². The number of ether oxygens (including phenoxy) is 2. The number of nitrogens with one attached hydrogen (secondary N) is 1. The lowest BCUT2D eigenvalue weighted by Crippen LogP contribution is -2.38. The number of nitrogens with zero attached hydrogens (tertiary/aromatic N) is 1. The standard InChI is InChI=1S/C22H22N2O4/c25-21(24-18-6-2-3-7-18)20(15-9-11-23-12-10-15)28-22(26)17-13-16-5-1-4-8-19(16)27-14-17/h1,4-5,8-13,18,20H,2-3,6-7,14H2,(H,24,25)/t20-/m1/s1. The Morgan fingerprint density at radius 1 is 1.11 bits per heavy atom. The first kappa shape index (κ1) is 18.2. The smallest absolute Gasteiger partial charge is 0.338 e. The molecule has 2 aromatic rings. The number of pyridine rings is 1. The number of hydrogen-bond acceptors (Lipinski definition) is 5. The van der Waals surface area contributed by atoms with Crippen LogP contribution in [0.3, 0.4) is 0 Å². The van der Waals surface area contributed by atoms with Gasteiger partial charge < -0.3 is 14.8 Å². The van der Waals surface area contributed by atoms with Gasteiger partial charge in [0.05, 0.1) is 5.57 Å². The van der Waals surface area contributed by atoms with Gasteiger partial charge in [0.25, 0.3) is 5.91 Å². The Morgan fingerprint density at radius 2 is 1.86 bits per heavy atom. The fraction of sp³-hybridized carbons (Fsp3) is 0.318. The lowest BCUT2D eigenvalue weighted by atomic mass is 10.1. The lowest BCUT2D eigenvalue weighted by Gasteiger charge is -2.22. The first-order chi connectivity index (χ1) is 13.7. The Hall–Kier alpha value is -3.15. The average molecular weight is 378 g/mol. The molecule has 0 spiro atoms. The van der Waals surface area contributed by atoms with E-state index in [1.165, 1.54) is 0 Å². The molecule has 1 N–H and O–H groups in total. The molecule has 0 bridgehead atoms. The molecule has 0 saturated heterocycles. The Bertz CT molecular complexity index is 888. The molecular formula is C22H22N2O4. The van der Waals surface area contributed by atoms with Crippen molar-refractivity contribution in [1.82, 2.24) is 10.3 Å². The summed E-state index contributed by atoms with van der Waals surface area (Å²) >= 11 is 0. The average Bonchev–Trinajstić information content (AvgIpc) is 3.25. The maximum absolute atomic E-state index is 12.9. The predicted octanol–water partition coefficient (Wildman–Crippen LogP) is 3.20. The third-order valence-electron chi connectivity index (χ3n) is 5.07. The van der Waals surface area contributed by atoms with Crippen LogP contribution in [0.4, 0.5) is 0 Å². The fourth-order valence-electron chi connectivity index (χ4n) is 3.57. The third kappa shape index (κ3) is 4.06. The number of carbonyl (C=O) groups is 2. The highest BCUT2D eigenvalue weighted by atomic mass is 16.6. The quantitative estimate of drug-likeness (QED) is 0.809. The maximum atomic E-state index is 12.9. The van der Waals surface area contributed by atoms with Crippen LogP contribution in [-0.4, -0.2) is 29.5 Å². The summed E-state index contributed by atoms with van der Waals surface area (Å²) in [6.07, 6.45) is 8.02. The summed E-state index contributed by atoms with van der Waals surface area (Å²) < 4.78 is 11.3. The largest absolute Gasteiger partial charge is 0.488 e. The summed E-state index contributed by atoms with van der Waals surface area (Å²) in [7, 11) is 0. The second kappa shape index (κ2) is 8.25. The van der Waals surface area contributed by atoms with E-state index in [0.29, 0.717) is 11.1 Å². The molecule has 1 aliphatic carbocycles. The van der Waals surface area contributed by atoms with Crippen molar-refractivity contribution in [3.63, 3.8) is 0 Å². The maximum Gasteiger partial charge on any atom is 0.338 e. The number of para-hydroxylation sites is 1. The van der Waals surface area contributed by atoms with Gasteiger partial charge in [0.1, 0.15) is 12.4 Å². The molecule has 2 aliphatic rings. The van der Waals surface area contributed by atoms with E-state index in [-0.39, 0.29) is 18.6 Å². The van der Waals surface area contributed by atoms with Gasteiger partial charge in [-0.05, 0) is 37.1 Å². The number of fused-ring (bicyclic) bond motifs is 1. The monoisotopic (exact) mass is 378 g/mol. The molecule has 0 unspecified atom stereocenters. The van der Waals surface area contributed by atoms with Crippen LogP contribution in [0.5, 0.6) is 5.75 Å². The molecule has 1 aromatic heterocycles. The molecule has 2 heterocycles. The molecule has 1 aliphatic heterocycles. The van der Waals surface area contributed by atoms with Gasteiger partial charge in [0.2, 0.25) is 6.10 Å². The topological polar surface area (TPSA) is 77.5 Å². The number of carbonyl (C=O) groups excluding carboxylic acids is 2. The summed E-state index contributed by atoms with van der Waals surface area (Å²) in [6.45, 7) is 0.114. The van der Waals surface area contributed by atoms with Crippen molar-refractivity contribution in [2.45, 2.75) is 37.8 Å². The van der Waals surface area contributed by atoms with Crippen molar-refractivity contribution < 1.29 is 19.1 Å². The van der Waals surface area contributed by atoms with Crippen LogP contribution in [-0.2, 0) is 14.3 Å². The van der Waals surface area contributed by atoms with Gasteiger partial charge in [-0.25, -0.2) is 4.79 Å². The first-order valence-corrected chi connectivity index (χ1v) is 9.54. The van der Waals surface area contributed by atoms with E-state index in [2.05, 4.69) is 10.3 Å². The highest BCUT2D eigenvalue weighted by Crippen LogP contribution is 2.28. The normalized spacial score (nSPS) is 17.1. The first-order valence-electron chi connectivity index (χ1n) is 9.54. The van der Waals surface area contributed by atoms with Gasteiger partial charge >= 0.3 is 5.97 Å². The molecule has 144 valence electrons. The van der Waals surface area contributed by atoms with Crippen molar-refractivity contribution in [3.05, 3.63) is 65.5 Å². The Labute approximate surface area is 163 Å². The molecule has 1 fully saturated rings. The summed E-state index contributed by atoms with van der Waals surface area (Å²) in [6, 6.07) is 11.0. The van der Waals surface area contributed by atoms with Crippen LogP contribution in [0.1, 0.15) is 42.9 Å². The second-order valence-corrected chi connectivity index (χ2v) is 7.05. The van der Waals surface area contributed by atoms with Gasteiger partial charge in [-0.2, -0.15) is 0 Å². The zero-order chi connectivity index (χ0) is 19.3. The molecule has 1 atom stereocenters. The number of amides is 1. The number of hydrogen-bond donors (Lipinski definition) is 1. The zero-order valence-electron chi connectivity index (χ0n) is 15.5. The summed E-state index contributed by atoms with van der Waals surface area (Å²) in [5.74, 6) is -0.134. The van der Waals surface area contributed by atoms with Gasteiger partial charge in [-0.1, -0.05) is 31.0 Å². The molecule has 6 heteroatoms. The van der Waals surface area contributed by atoms with Crippen LogP contribution in [0.15, 0.2) is 54.4 Å². The van der Waals surface area contributed by atoms with E-state index in [1.54, 1.807) is 30.6 Å². The third-order valence-corrected chi connectivity index (χ3v) is 5.07. The highest BCUT2D eigenvalue weighted by Gasteiger charge is 2.30. The van der Waals surface area contributed by atoms with Crippen molar-refractivity contribution in [3.8, 4) is 5.75 Å². The van der Waals surface area contributed by atoms with E-state index >= 15 is 0 Å². The zero-order valence-corrected chi connectivity index (χ0v) is 15.5. The molecule has 1 saturated carbocycles. The molecule has 0 radical (unpaired) electrons. The van der Waals surface area contributed by atoms with Crippen LogP contribution in [0, 0.1) is 0 Å². The predicted molar refractivity (Wildman–Crippen MR) is 103 cm³/mol. The van der Waals surface area contributed by atoms with Crippen LogP contribution in [0.2, 0.25) is 0 Å². The molecule has 4 rings (SSSR count). The van der Waals surface area contributed by atoms with Gasteiger partial charge in [0, 0.05) is 29.6 Å². The van der Waals surface area contributed by atoms with Gasteiger partial charge in [-0.3, -0.25) is 9.78 Å². The summed E-state index contributed by atoms with van der Waals surface area (Å²) in [4.78, 5) is 29.6. The lowest BCUT2D eigenvalue weighted by molar-refractivity contribution is -0.153. The number of aromatic nitrogens is 1. The van der Waals surface area contributed by atoms with Crippen LogP contribution in [0.25, 0.3) is 6.08 Å². The van der Waals surface area contributed by atoms with E-state index in [0.717, 1.165) is 37.0 Å². The summed E-state index contributed by atoms with van der Waals surface area (Å²) in [5, 5.41) is 3.01. The van der Waals surface area contributed by atoms with Crippen LogP contribution >= 0.6 is 0 Å². The van der Waals surface area contributed by atoms with E-state index in [4.69, 9.17) is 9.47 Å². The van der Waals surface area contributed by atoms with Crippen molar-refractivity contribution in [2.75, 3.05) is 6.61 Å². The molecule has 28 heavy (non-hydrogen) atoms. The molecule has 1 aromatic carbocycles. The Morgan fingerprint density at radius 3 is 2.64 bits per heavy atom. The van der Waals surface area contributed by atoms with Gasteiger partial charge in [0.15, 0.2) is 0 Å². The van der Waals surface area contributed by atoms with Crippen molar-refractivity contribution in [2.24, 2.45) is 0 Å². The SMILES string of the molecule is O=C(O[C@@H](C(=O)NC1CCCC1)c1ccncc1)C1=Cc2ccccc2OC1. The minimum absolute atomic E-state index is 0.114. The van der Waals surface area contributed by atoms with Crippen molar-refractivity contribution in [1.29, 1.82) is 0 Å². The Balaban J connectivity index is 1.53. The minimum Gasteiger partial charge on any atom is -0.488 e. The molecule has 6 nitrogen and oxygen atoms in total. The fourth-order valence-corrected chi connectivity index (χ4v) is 3.57. The van der Waals surface area contributed by atoms with Crippen molar-refractivity contribution >= 4 is 18.0 Å². The number of rotatable bonds is 5. The minimum atomic E-state index is -1.02. The van der Waals surface area contributed by atoms with Crippen LogP contribution < -0.4 is 10.1 Å². The second-order valence-electron chi connectivity index (χ2n) is 7.05. The highest BCUT2D eigenvalue weighted by molar-refractivity contribution is 5.97. The van der Waals surface area contributed by atoms with E-state index in [9.17, 15) is 9.59 Å². The van der Waals surface area contributed by atoms with Gasteiger partial charge in [-0.15, -0.1) is 0 Å². The number of benzene rings is 1. The molecule has 1 amide bonds.